The van der Waals surface area contributed by atoms with Crippen molar-refractivity contribution in [2.24, 2.45) is 24.3 Å². The van der Waals surface area contributed by atoms with Crippen molar-refractivity contribution in [1.82, 2.24) is 14.5 Å². The number of pyridine rings is 1. The molecule has 1 N–H and O–H groups in total. The number of carbonyl (C=O) groups excluding carboxylic acids is 1. The minimum absolute atomic E-state index is 0.0602. The number of nitrogens with zero attached hydrogens (tertiary/aromatic N) is 3. The standard InChI is InChI=1S/C20H26FN3O2/c1-3-14(10-25)19(26)24-11-20(12-24)7-13(8-20)6-15-4-5-16-17(21)9-23(2)18(16)22-15/h4-5,9,13-14,25H,3,6-8,10-12H2,1-2H3/t14-/m1/s1. The summed E-state index contributed by atoms with van der Waals surface area (Å²) in [5, 5.41) is 9.86. The van der Waals surface area contributed by atoms with Crippen molar-refractivity contribution in [3.63, 3.8) is 0 Å². The number of hydrogen-bond donors (Lipinski definition) is 1. The molecule has 6 heteroatoms. The Balaban J connectivity index is 1.32. The maximum Gasteiger partial charge on any atom is 0.228 e. The number of halogens is 1. The van der Waals surface area contributed by atoms with Gasteiger partial charge in [-0.3, -0.25) is 4.79 Å². The lowest BCUT2D eigenvalue weighted by molar-refractivity contribution is -0.160. The third-order valence-corrected chi connectivity index (χ3v) is 6.20. The number of aliphatic hydroxyl groups excluding tert-OH is 1. The molecule has 1 amide bonds. The number of rotatable bonds is 5. The summed E-state index contributed by atoms with van der Waals surface area (Å²) >= 11 is 0. The zero-order valence-electron chi connectivity index (χ0n) is 15.4. The normalized spacial score (nSPS) is 20.2. The second kappa shape index (κ2) is 6.34. The number of carbonyl (C=O) groups is 1. The molecule has 140 valence electrons. The van der Waals surface area contributed by atoms with Gasteiger partial charge in [0.25, 0.3) is 0 Å². The molecule has 0 bridgehead atoms. The molecule has 2 fully saturated rings. The fraction of sp³-hybridized carbons (Fsp3) is 0.600. The quantitative estimate of drug-likeness (QED) is 0.892. The van der Waals surface area contributed by atoms with Crippen LogP contribution in [-0.2, 0) is 18.3 Å². The second-order valence-electron chi connectivity index (χ2n) is 8.22. The van der Waals surface area contributed by atoms with Gasteiger partial charge in [0.05, 0.1) is 17.9 Å². The topological polar surface area (TPSA) is 58.4 Å². The first-order valence-corrected chi connectivity index (χ1v) is 9.45. The summed E-state index contributed by atoms with van der Waals surface area (Å²) in [5.74, 6) is 0.213. The van der Waals surface area contributed by atoms with Crippen LogP contribution in [0.4, 0.5) is 4.39 Å². The van der Waals surface area contributed by atoms with Gasteiger partial charge in [-0.1, -0.05) is 6.92 Å². The summed E-state index contributed by atoms with van der Waals surface area (Å²) in [6, 6.07) is 3.76. The van der Waals surface area contributed by atoms with Gasteiger partial charge in [0, 0.05) is 37.4 Å². The van der Waals surface area contributed by atoms with Crippen LogP contribution in [0, 0.1) is 23.1 Å². The molecule has 5 nitrogen and oxygen atoms in total. The third-order valence-electron chi connectivity index (χ3n) is 6.20. The largest absolute Gasteiger partial charge is 0.396 e. The molecule has 1 aliphatic heterocycles. The molecule has 1 spiro atoms. The van der Waals surface area contributed by atoms with Crippen LogP contribution in [0.5, 0.6) is 0 Å². The Morgan fingerprint density at radius 3 is 2.81 bits per heavy atom. The summed E-state index contributed by atoms with van der Waals surface area (Å²) < 4.78 is 15.5. The summed E-state index contributed by atoms with van der Waals surface area (Å²) in [4.78, 5) is 18.8. The van der Waals surface area contributed by atoms with E-state index in [0.29, 0.717) is 23.4 Å². The number of aryl methyl sites for hydroxylation is 1. The Bertz CT molecular complexity index is 829. The lowest BCUT2D eigenvalue weighted by atomic mass is 9.56. The van der Waals surface area contributed by atoms with Crippen molar-refractivity contribution >= 4 is 16.9 Å². The van der Waals surface area contributed by atoms with Gasteiger partial charge >= 0.3 is 0 Å². The van der Waals surface area contributed by atoms with Crippen LogP contribution < -0.4 is 0 Å². The number of aliphatic hydroxyl groups is 1. The van der Waals surface area contributed by atoms with E-state index in [-0.39, 0.29) is 29.7 Å². The summed E-state index contributed by atoms with van der Waals surface area (Å²) in [6.45, 7) is 3.54. The fourth-order valence-electron chi connectivity index (χ4n) is 4.78. The summed E-state index contributed by atoms with van der Waals surface area (Å²) in [6.07, 6.45) is 5.31. The number of hydrogen-bond acceptors (Lipinski definition) is 3. The minimum Gasteiger partial charge on any atom is -0.396 e. The van der Waals surface area contributed by atoms with E-state index in [9.17, 15) is 14.3 Å². The minimum atomic E-state index is -0.246. The highest BCUT2D eigenvalue weighted by Gasteiger charge is 2.53. The van der Waals surface area contributed by atoms with Gasteiger partial charge in [0.15, 0.2) is 0 Å². The highest BCUT2D eigenvalue weighted by molar-refractivity contribution is 5.80. The molecule has 4 rings (SSSR count). The van der Waals surface area contributed by atoms with E-state index in [1.807, 2.05) is 31.0 Å². The van der Waals surface area contributed by atoms with E-state index in [1.54, 1.807) is 4.57 Å². The Hall–Kier alpha value is -1.95. The average Bonchev–Trinajstić information content (AvgIpc) is 2.83. The van der Waals surface area contributed by atoms with E-state index < -0.39 is 0 Å². The predicted molar refractivity (Wildman–Crippen MR) is 97.0 cm³/mol. The maximum absolute atomic E-state index is 13.7. The molecular formula is C20H26FN3O2. The molecule has 1 saturated heterocycles. The Morgan fingerprint density at radius 1 is 1.42 bits per heavy atom. The number of likely N-dealkylation sites (tertiary alicyclic amines) is 1. The number of amides is 1. The molecular weight excluding hydrogens is 333 g/mol. The molecule has 1 atom stereocenters. The van der Waals surface area contributed by atoms with Gasteiger partial charge in [0.2, 0.25) is 5.91 Å². The van der Waals surface area contributed by atoms with Crippen LogP contribution in [0.15, 0.2) is 18.3 Å². The van der Waals surface area contributed by atoms with Crippen LogP contribution in [0.1, 0.15) is 31.9 Å². The lowest BCUT2D eigenvalue weighted by Crippen LogP contribution is -2.64. The van der Waals surface area contributed by atoms with Crippen molar-refractivity contribution < 1.29 is 14.3 Å². The van der Waals surface area contributed by atoms with Crippen LogP contribution in [-0.4, -0.2) is 45.2 Å². The van der Waals surface area contributed by atoms with Crippen LogP contribution in [0.25, 0.3) is 11.0 Å². The van der Waals surface area contributed by atoms with Crippen molar-refractivity contribution in [2.75, 3.05) is 19.7 Å². The van der Waals surface area contributed by atoms with Gasteiger partial charge in [-0.2, -0.15) is 0 Å². The van der Waals surface area contributed by atoms with E-state index >= 15 is 0 Å². The molecule has 2 aromatic rings. The summed E-state index contributed by atoms with van der Waals surface area (Å²) in [5.41, 5.74) is 2.00. The van der Waals surface area contributed by atoms with Crippen LogP contribution >= 0.6 is 0 Å². The lowest BCUT2D eigenvalue weighted by Gasteiger charge is -2.59. The highest BCUT2D eigenvalue weighted by Crippen LogP contribution is 2.53. The van der Waals surface area contributed by atoms with Crippen molar-refractivity contribution in [3.8, 4) is 0 Å². The smallest absolute Gasteiger partial charge is 0.228 e. The van der Waals surface area contributed by atoms with Crippen molar-refractivity contribution in [1.29, 1.82) is 0 Å². The molecule has 0 aromatic carbocycles. The zero-order valence-corrected chi connectivity index (χ0v) is 15.4. The van der Waals surface area contributed by atoms with Gasteiger partial charge in [-0.25, -0.2) is 9.37 Å². The van der Waals surface area contributed by atoms with E-state index in [0.717, 1.165) is 38.0 Å². The first-order valence-electron chi connectivity index (χ1n) is 9.45. The third kappa shape index (κ3) is 2.80. The molecule has 26 heavy (non-hydrogen) atoms. The van der Waals surface area contributed by atoms with Crippen LogP contribution in [0.2, 0.25) is 0 Å². The Morgan fingerprint density at radius 2 is 2.15 bits per heavy atom. The molecule has 0 radical (unpaired) electrons. The SMILES string of the molecule is CC[C@H](CO)C(=O)N1CC2(CC(Cc3ccc4c(F)cn(C)c4n3)C2)C1. The maximum atomic E-state index is 13.7. The van der Waals surface area contributed by atoms with Crippen LogP contribution in [0.3, 0.4) is 0 Å². The monoisotopic (exact) mass is 359 g/mol. The molecule has 3 heterocycles. The average molecular weight is 359 g/mol. The molecule has 1 saturated carbocycles. The van der Waals surface area contributed by atoms with E-state index in [2.05, 4.69) is 4.98 Å². The number of fused-ring (bicyclic) bond motifs is 1. The van der Waals surface area contributed by atoms with E-state index in [1.165, 1.54) is 6.20 Å². The number of aromatic nitrogens is 2. The predicted octanol–water partition coefficient (Wildman–Crippen LogP) is 2.51. The zero-order chi connectivity index (χ0) is 18.5. The Labute approximate surface area is 152 Å². The first kappa shape index (κ1) is 17.5. The van der Waals surface area contributed by atoms with Gasteiger partial charge in [0.1, 0.15) is 11.5 Å². The van der Waals surface area contributed by atoms with Gasteiger partial charge < -0.3 is 14.6 Å². The summed E-state index contributed by atoms with van der Waals surface area (Å²) in [7, 11) is 1.82. The Kier molecular flexibility index (Phi) is 4.26. The first-order chi connectivity index (χ1) is 12.4. The molecule has 0 unspecified atom stereocenters. The van der Waals surface area contributed by atoms with Gasteiger partial charge in [-0.05, 0) is 43.7 Å². The van der Waals surface area contributed by atoms with Gasteiger partial charge in [-0.15, -0.1) is 0 Å². The molecule has 2 aliphatic rings. The molecule has 2 aromatic heterocycles. The van der Waals surface area contributed by atoms with Crippen molar-refractivity contribution in [2.45, 2.75) is 32.6 Å². The highest BCUT2D eigenvalue weighted by atomic mass is 19.1. The second-order valence-corrected chi connectivity index (χ2v) is 8.22. The molecule has 1 aliphatic carbocycles. The van der Waals surface area contributed by atoms with E-state index in [4.69, 9.17) is 0 Å². The fourth-order valence-corrected chi connectivity index (χ4v) is 4.78. The van der Waals surface area contributed by atoms with Crippen molar-refractivity contribution in [3.05, 3.63) is 29.8 Å².